The molecule has 2 N–H and O–H groups in total. The van der Waals surface area contributed by atoms with E-state index in [2.05, 4.69) is 54.5 Å². The molecule has 7 nitrogen and oxygen atoms in total. The SMILES string of the molecule is CO[C@H]1C[C@]2(C)[C@H]3CC[C@@H]4C5=CC(C)(C)CC[C@]5(C(=O)O)CC[C@@]4(C)[C@]3(C)CC[C@@]2(N(C(C)(C)C)S(=O)(=O)c2ccccc2)C(C)(C)[C@H]1O. The monoisotopic (exact) mass is 697 g/mol. The molecule has 4 fully saturated rings. The second kappa shape index (κ2) is 11.1. The number of benzene rings is 1. The largest absolute Gasteiger partial charge is 0.481 e. The Balaban J connectivity index is 1.58. The van der Waals surface area contributed by atoms with E-state index in [1.54, 1.807) is 31.4 Å². The van der Waals surface area contributed by atoms with Crippen LogP contribution in [-0.4, -0.2) is 59.3 Å². The lowest BCUT2D eigenvalue weighted by atomic mass is 9.30. The van der Waals surface area contributed by atoms with Crippen LogP contribution in [0.3, 0.4) is 0 Å². The normalized spacial score (nSPS) is 43.0. The number of carbonyl (C=O) groups is 1. The van der Waals surface area contributed by atoms with Crippen LogP contribution in [0.25, 0.3) is 0 Å². The summed E-state index contributed by atoms with van der Waals surface area (Å²) in [4.78, 5) is 13.4. The van der Waals surface area contributed by atoms with Gasteiger partial charge in [0.1, 0.15) is 0 Å². The van der Waals surface area contributed by atoms with Gasteiger partial charge in [-0.05, 0) is 124 Å². The number of nitrogens with zero attached hydrogens (tertiary/aromatic N) is 1. The van der Waals surface area contributed by atoms with Gasteiger partial charge in [0.25, 0.3) is 0 Å². The van der Waals surface area contributed by atoms with Crippen molar-refractivity contribution in [1.29, 1.82) is 0 Å². The van der Waals surface area contributed by atoms with E-state index in [4.69, 9.17) is 4.74 Å². The number of hydrogen-bond acceptors (Lipinski definition) is 5. The number of rotatable bonds is 5. The van der Waals surface area contributed by atoms with E-state index in [0.717, 1.165) is 37.7 Å². The minimum absolute atomic E-state index is 0.0494. The molecule has 0 saturated heterocycles. The lowest BCUT2D eigenvalue weighted by molar-refractivity contribution is -0.294. The molecular weight excluding hydrogens is 635 g/mol. The Bertz CT molecular complexity index is 1630. The van der Waals surface area contributed by atoms with Gasteiger partial charge < -0.3 is 14.9 Å². The first-order chi connectivity index (χ1) is 22.4. The maximum atomic E-state index is 15.2. The minimum atomic E-state index is -4.03. The molecule has 0 amide bonds. The summed E-state index contributed by atoms with van der Waals surface area (Å²) in [6.45, 7) is 21.9. The number of carboxylic acid groups (broad SMARTS) is 1. The van der Waals surface area contributed by atoms with E-state index in [-0.39, 0.29) is 33.0 Å². The molecule has 1 aromatic rings. The first-order valence-electron chi connectivity index (χ1n) is 18.7. The van der Waals surface area contributed by atoms with Crippen molar-refractivity contribution in [3.05, 3.63) is 42.0 Å². The Morgan fingerprint density at radius 1 is 0.857 bits per heavy atom. The third kappa shape index (κ3) is 4.67. The van der Waals surface area contributed by atoms with Crippen molar-refractivity contribution < 1.29 is 28.2 Å². The number of aliphatic hydroxyl groups excluding tert-OH is 1. The molecule has 0 unspecified atom stereocenters. The third-order valence-corrected chi connectivity index (χ3v) is 18.0. The van der Waals surface area contributed by atoms with Crippen molar-refractivity contribution >= 4 is 16.0 Å². The molecule has 0 bridgehead atoms. The fraction of sp³-hybridized carbons (Fsp3) is 0.780. The zero-order valence-electron chi connectivity index (χ0n) is 32.0. The number of fused-ring (bicyclic) bond motifs is 7. The summed E-state index contributed by atoms with van der Waals surface area (Å²) in [5, 5.41) is 23.0. The second-order valence-corrected chi connectivity index (χ2v) is 21.5. The number of aliphatic carboxylic acids is 1. The maximum Gasteiger partial charge on any atom is 0.313 e. The molecule has 8 heteroatoms. The van der Waals surface area contributed by atoms with Crippen LogP contribution >= 0.6 is 0 Å². The zero-order chi connectivity index (χ0) is 36.4. The van der Waals surface area contributed by atoms with Crippen LogP contribution < -0.4 is 0 Å². The molecule has 274 valence electrons. The maximum absolute atomic E-state index is 15.2. The Morgan fingerprint density at radius 2 is 1.45 bits per heavy atom. The fourth-order valence-corrected chi connectivity index (χ4v) is 15.7. The van der Waals surface area contributed by atoms with E-state index >= 15 is 8.42 Å². The Kier molecular flexibility index (Phi) is 8.41. The van der Waals surface area contributed by atoms with E-state index in [9.17, 15) is 15.0 Å². The number of sulfonamides is 1. The number of carboxylic acids is 1. The first kappa shape index (κ1) is 37.0. The lowest BCUT2D eigenvalue weighted by Crippen LogP contribution is -2.82. The summed E-state index contributed by atoms with van der Waals surface area (Å²) in [6.07, 6.45) is 7.74. The molecule has 0 aliphatic heterocycles. The zero-order valence-corrected chi connectivity index (χ0v) is 32.8. The molecule has 5 aliphatic carbocycles. The van der Waals surface area contributed by atoms with Crippen molar-refractivity contribution in [3.63, 3.8) is 0 Å². The summed E-state index contributed by atoms with van der Waals surface area (Å²) < 4.78 is 38.4. The van der Waals surface area contributed by atoms with E-state index < -0.39 is 55.5 Å². The topological polar surface area (TPSA) is 104 Å². The van der Waals surface area contributed by atoms with Gasteiger partial charge in [-0.15, -0.1) is 0 Å². The quantitative estimate of drug-likeness (QED) is 0.299. The molecule has 49 heavy (non-hydrogen) atoms. The second-order valence-electron chi connectivity index (χ2n) is 19.7. The predicted octanol–water partition coefficient (Wildman–Crippen LogP) is 8.47. The molecule has 5 aliphatic rings. The van der Waals surface area contributed by atoms with Crippen LogP contribution in [0, 0.1) is 44.3 Å². The van der Waals surface area contributed by atoms with Crippen LogP contribution in [0.15, 0.2) is 46.9 Å². The number of allylic oxidation sites excluding steroid dienone is 1. The van der Waals surface area contributed by atoms with Gasteiger partial charge >= 0.3 is 5.97 Å². The molecule has 0 aromatic heterocycles. The number of aliphatic hydroxyl groups is 1. The van der Waals surface area contributed by atoms with Gasteiger partial charge in [0.2, 0.25) is 10.0 Å². The van der Waals surface area contributed by atoms with Gasteiger partial charge in [0.15, 0.2) is 0 Å². The van der Waals surface area contributed by atoms with Gasteiger partial charge in [0, 0.05) is 18.1 Å². The first-order valence-corrected chi connectivity index (χ1v) is 20.2. The van der Waals surface area contributed by atoms with Crippen LogP contribution in [0.1, 0.15) is 127 Å². The van der Waals surface area contributed by atoms with Crippen molar-refractivity contribution in [2.24, 2.45) is 44.3 Å². The van der Waals surface area contributed by atoms with Crippen molar-refractivity contribution in [2.45, 2.75) is 155 Å². The standard InChI is InChI=1S/C41H63NO6S/c1-34(2,3)42(49(46,47)27-15-13-12-14-16-27)41-24-21-38(9)31(39(41,10)26-30(48-11)32(43)36(41,6)7)18-17-28-29-25-35(4,5)19-22-40(29,33(44)45)23-20-37(28,38)8/h12-16,25,28,30-32,43H,17-24,26H2,1-11H3,(H,44,45)/t28-,30+,31+,32+,37-,38-,39-,40+,41-/m1/s1. The highest BCUT2D eigenvalue weighted by Gasteiger charge is 2.78. The van der Waals surface area contributed by atoms with Crippen LogP contribution in [-0.2, 0) is 19.6 Å². The highest BCUT2D eigenvalue weighted by atomic mass is 32.2. The highest BCUT2D eigenvalue weighted by Crippen LogP contribution is 2.78. The van der Waals surface area contributed by atoms with E-state index in [0.29, 0.717) is 25.7 Å². The van der Waals surface area contributed by atoms with Crippen molar-refractivity contribution in [2.75, 3.05) is 7.11 Å². The smallest absolute Gasteiger partial charge is 0.313 e. The fourth-order valence-electron chi connectivity index (χ4n) is 13.3. The molecule has 0 heterocycles. The minimum Gasteiger partial charge on any atom is -0.481 e. The van der Waals surface area contributed by atoms with Gasteiger partial charge in [-0.2, -0.15) is 4.31 Å². The molecule has 0 spiro atoms. The van der Waals surface area contributed by atoms with E-state index in [1.165, 1.54) is 0 Å². The molecule has 0 radical (unpaired) electrons. The van der Waals surface area contributed by atoms with E-state index in [1.807, 2.05) is 31.1 Å². The van der Waals surface area contributed by atoms with Crippen LogP contribution in [0.4, 0.5) is 0 Å². The van der Waals surface area contributed by atoms with Crippen LogP contribution in [0.5, 0.6) is 0 Å². The number of methoxy groups -OCH3 is 1. The molecule has 9 atom stereocenters. The summed E-state index contributed by atoms with van der Waals surface area (Å²) >= 11 is 0. The Labute approximate surface area is 296 Å². The Hall–Kier alpha value is -1.74. The third-order valence-electron chi connectivity index (χ3n) is 15.8. The Morgan fingerprint density at radius 3 is 2.02 bits per heavy atom. The molecular formula is C41H63NO6S. The van der Waals surface area contributed by atoms with Crippen molar-refractivity contribution in [1.82, 2.24) is 4.31 Å². The van der Waals surface area contributed by atoms with Gasteiger partial charge in [0.05, 0.1) is 28.1 Å². The van der Waals surface area contributed by atoms with Gasteiger partial charge in [-0.3, -0.25) is 4.79 Å². The number of ether oxygens (including phenoxy) is 1. The van der Waals surface area contributed by atoms with Crippen LogP contribution in [0.2, 0.25) is 0 Å². The number of hydrogen-bond donors (Lipinski definition) is 2. The summed E-state index contributed by atoms with van der Waals surface area (Å²) in [7, 11) is -2.36. The summed E-state index contributed by atoms with van der Waals surface area (Å²) in [5.41, 5.74) is -3.24. The van der Waals surface area contributed by atoms with Gasteiger partial charge in [-0.25, -0.2) is 8.42 Å². The van der Waals surface area contributed by atoms with Crippen molar-refractivity contribution in [3.8, 4) is 0 Å². The average Bonchev–Trinajstić information content (AvgIpc) is 3.00. The molecule has 6 rings (SSSR count). The summed E-state index contributed by atoms with van der Waals surface area (Å²) in [5.74, 6) is -0.401. The molecule has 4 saturated carbocycles. The molecule has 1 aromatic carbocycles. The van der Waals surface area contributed by atoms with Gasteiger partial charge in [-0.1, -0.05) is 78.3 Å². The summed E-state index contributed by atoms with van der Waals surface area (Å²) in [6, 6.07) is 8.81. The highest BCUT2D eigenvalue weighted by molar-refractivity contribution is 7.89. The lowest BCUT2D eigenvalue weighted by Gasteiger charge is -2.78. The predicted molar refractivity (Wildman–Crippen MR) is 193 cm³/mol. The average molecular weight is 698 g/mol.